The van der Waals surface area contributed by atoms with Crippen LogP contribution in [0.1, 0.15) is 37.9 Å². The van der Waals surface area contributed by atoms with Gasteiger partial charge in [0.1, 0.15) is 0 Å². The molecule has 1 aromatic carbocycles. The molecule has 1 rings (SSSR count). The van der Waals surface area contributed by atoms with Crippen molar-refractivity contribution in [3.63, 3.8) is 0 Å². The first kappa shape index (κ1) is 17.5. The standard InChI is InChI=1S/C16H26N2O3/c1-16(2,3)14(21-4)13(18-15(19)20)12-7-5-6-11(10-12)8-9-17/h5-7,10,13-14,18H,8-9,17H2,1-4H3,(H,19,20)/t13-,14+/m1/s1. The minimum Gasteiger partial charge on any atom is -0.465 e. The highest BCUT2D eigenvalue weighted by Crippen LogP contribution is 2.32. The molecule has 0 aliphatic rings. The molecular formula is C16H26N2O3. The number of rotatable bonds is 6. The molecule has 0 saturated carbocycles. The molecule has 1 amide bonds. The zero-order valence-corrected chi connectivity index (χ0v) is 13.2. The van der Waals surface area contributed by atoms with Crippen molar-refractivity contribution in [3.05, 3.63) is 35.4 Å². The Morgan fingerprint density at radius 3 is 2.57 bits per heavy atom. The van der Waals surface area contributed by atoms with Crippen LogP contribution in [0.4, 0.5) is 4.79 Å². The normalized spacial score (nSPS) is 14.5. The molecule has 4 N–H and O–H groups in total. The van der Waals surface area contributed by atoms with E-state index in [2.05, 4.69) is 5.32 Å². The van der Waals surface area contributed by atoms with Gasteiger partial charge < -0.3 is 20.9 Å². The van der Waals surface area contributed by atoms with Crippen molar-refractivity contribution in [2.45, 2.75) is 39.3 Å². The van der Waals surface area contributed by atoms with Crippen LogP contribution in [0.15, 0.2) is 24.3 Å². The van der Waals surface area contributed by atoms with Crippen molar-refractivity contribution in [2.75, 3.05) is 13.7 Å². The SMILES string of the molecule is CO[C@@H]([C@H](NC(=O)O)c1cccc(CCN)c1)C(C)(C)C. The number of ether oxygens (including phenoxy) is 1. The summed E-state index contributed by atoms with van der Waals surface area (Å²) in [4.78, 5) is 11.2. The highest BCUT2D eigenvalue weighted by molar-refractivity contribution is 5.65. The molecule has 5 heteroatoms. The summed E-state index contributed by atoms with van der Waals surface area (Å²) >= 11 is 0. The molecule has 0 aliphatic heterocycles. The molecule has 0 radical (unpaired) electrons. The number of carboxylic acid groups (broad SMARTS) is 1. The van der Waals surface area contributed by atoms with Gasteiger partial charge in [-0.3, -0.25) is 0 Å². The second-order valence-corrected chi connectivity index (χ2v) is 6.23. The molecule has 118 valence electrons. The Bertz CT molecular complexity index is 469. The lowest BCUT2D eigenvalue weighted by molar-refractivity contribution is -0.0107. The van der Waals surface area contributed by atoms with Crippen molar-refractivity contribution in [1.82, 2.24) is 5.32 Å². The first-order valence-corrected chi connectivity index (χ1v) is 7.10. The molecule has 0 heterocycles. The number of nitrogens with one attached hydrogen (secondary N) is 1. The molecule has 0 aromatic heterocycles. The Balaban J connectivity index is 3.17. The van der Waals surface area contributed by atoms with Crippen LogP contribution in [0.2, 0.25) is 0 Å². The average molecular weight is 294 g/mol. The summed E-state index contributed by atoms with van der Waals surface area (Å²) in [6, 6.07) is 7.40. The van der Waals surface area contributed by atoms with E-state index < -0.39 is 12.1 Å². The van der Waals surface area contributed by atoms with Crippen molar-refractivity contribution >= 4 is 6.09 Å². The maximum atomic E-state index is 11.2. The van der Waals surface area contributed by atoms with E-state index in [1.165, 1.54) is 0 Å². The highest BCUT2D eigenvalue weighted by atomic mass is 16.5. The Morgan fingerprint density at radius 1 is 1.43 bits per heavy atom. The second kappa shape index (κ2) is 7.43. The Hall–Kier alpha value is -1.59. The van der Waals surface area contributed by atoms with Crippen molar-refractivity contribution in [2.24, 2.45) is 11.1 Å². The second-order valence-electron chi connectivity index (χ2n) is 6.23. The van der Waals surface area contributed by atoms with Crippen molar-refractivity contribution in [3.8, 4) is 0 Å². The molecule has 1 aromatic rings. The minimum atomic E-state index is -1.06. The molecule has 0 saturated heterocycles. The zero-order chi connectivity index (χ0) is 16.0. The van der Waals surface area contributed by atoms with Gasteiger partial charge in [-0.2, -0.15) is 0 Å². The molecule has 5 nitrogen and oxygen atoms in total. The monoisotopic (exact) mass is 294 g/mol. The summed E-state index contributed by atoms with van der Waals surface area (Å²) in [7, 11) is 1.61. The number of benzene rings is 1. The fraction of sp³-hybridized carbons (Fsp3) is 0.562. The Morgan fingerprint density at radius 2 is 2.10 bits per heavy atom. The predicted molar refractivity (Wildman–Crippen MR) is 83.4 cm³/mol. The van der Waals surface area contributed by atoms with Gasteiger partial charge >= 0.3 is 6.09 Å². The number of methoxy groups -OCH3 is 1. The van der Waals surface area contributed by atoms with Crippen molar-refractivity contribution in [1.29, 1.82) is 0 Å². The zero-order valence-electron chi connectivity index (χ0n) is 13.2. The third-order valence-electron chi connectivity index (χ3n) is 3.43. The van der Waals surface area contributed by atoms with Crippen LogP contribution in [0.25, 0.3) is 0 Å². The molecule has 0 spiro atoms. The van der Waals surface area contributed by atoms with Crippen LogP contribution < -0.4 is 11.1 Å². The van der Waals surface area contributed by atoms with Gasteiger partial charge in [0.05, 0.1) is 12.1 Å². The lowest BCUT2D eigenvalue weighted by Gasteiger charge is -2.36. The first-order valence-electron chi connectivity index (χ1n) is 7.10. The van der Waals surface area contributed by atoms with E-state index in [4.69, 9.17) is 15.6 Å². The highest BCUT2D eigenvalue weighted by Gasteiger charge is 2.34. The topological polar surface area (TPSA) is 84.6 Å². The maximum absolute atomic E-state index is 11.2. The largest absolute Gasteiger partial charge is 0.465 e. The van der Waals surface area contributed by atoms with Crippen LogP contribution in [0, 0.1) is 5.41 Å². The molecule has 0 aliphatic carbocycles. The number of hydrogen-bond donors (Lipinski definition) is 3. The molecule has 0 fully saturated rings. The summed E-state index contributed by atoms with van der Waals surface area (Å²) in [6.07, 6.45) is -0.571. The van der Waals surface area contributed by atoms with E-state index in [-0.39, 0.29) is 11.5 Å². The van der Waals surface area contributed by atoms with E-state index in [1.807, 2.05) is 45.0 Å². The number of carbonyl (C=O) groups is 1. The van der Waals surface area contributed by atoms with E-state index in [0.29, 0.717) is 6.54 Å². The van der Waals surface area contributed by atoms with Crippen molar-refractivity contribution < 1.29 is 14.6 Å². The smallest absolute Gasteiger partial charge is 0.405 e. The van der Waals surface area contributed by atoms with Gasteiger partial charge in [0.2, 0.25) is 0 Å². The van der Waals surface area contributed by atoms with E-state index in [1.54, 1.807) is 7.11 Å². The van der Waals surface area contributed by atoms with Gasteiger partial charge in [-0.05, 0) is 29.5 Å². The lowest BCUT2D eigenvalue weighted by atomic mass is 9.81. The summed E-state index contributed by atoms with van der Waals surface area (Å²) in [5.74, 6) is 0. The van der Waals surface area contributed by atoms with Crippen LogP contribution in [-0.4, -0.2) is 31.0 Å². The average Bonchev–Trinajstić information content (AvgIpc) is 2.37. The van der Waals surface area contributed by atoms with Crippen LogP contribution in [-0.2, 0) is 11.2 Å². The van der Waals surface area contributed by atoms with Gasteiger partial charge in [-0.1, -0.05) is 45.0 Å². The van der Waals surface area contributed by atoms with E-state index >= 15 is 0 Å². The molecule has 21 heavy (non-hydrogen) atoms. The lowest BCUT2D eigenvalue weighted by Crippen LogP contribution is -2.43. The summed E-state index contributed by atoms with van der Waals surface area (Å²) in [6.45, 7) is 6.65. The predicted octanol–water partition coefficient (Wildman–Crippen LogP) is 2.56. The van der Waals surface area contributed by atoms with Crippen LogP contribution in [0.3, 0.4) is 0 Å². The molecule has 2 atom stereocenters. The maximum Gasteiger partial charge on any atom is 0.405 e. The number of nitrogens with two attached hydrogens (primary N) is 1. The minimum absolute atomic E-state index is 0.203. The Labute approximate surface area is 126 Å². The van der Waals surface area contributed by atoms with Crippen LogP contribution in [0.5, 0.6) is 0 Å². The first-order chi connectivity index (χ1) is 9.79. The van der Waals surface area contributed by atoms with E-state index in [0.717, 1.165) is 17.5 Å². The fourth-order valence-electron chi connectivity index (χ4n) is 2.57. The quantitative estimate of drug-likeness (QED) is 0.753. The fourth-order valence-corrected chi connectivity index (χ4v) is 2.57. The molecular weight excluding hydrogens is 268 g/mol. The summed E-state index contributed by atoms with van der Waals surface area (Å²) in [5, 5.41) is 11.7. The Kier molecular flexibility index (Phi) is 6.18. The molecule has 0 bridgehead atoms. The number of hydrogen-bond acceptors (Lipinski definition) is 3. The van der Waals surface area contributed by atoms with Crippen LogP contribution >= 0.6 is 0 Å². The third-order valence-corrected chi connectivity index (χ3v) is 3.43. The van der Waals surface area contributed by atoms with Gasteiger partial charge in [0, 0.05) is 7.11 Å². The summed E-state index contributed by atoms with van der Waals surface area (Å²) in [5.41, 5.74) is 7.37. The van der Waals surface area contributed by atoms with Gasteiger partial charge in [0.15, 0.2) is 0 Å². The number of amides is 1. The van der Waals surface area contributed by atoms with E-state index in [9.17, 15) is 4.79 Å². The third kappa shape index (κ3) is 5.02. The van der Waals surface area contributed by atoms with Gasteiger partial charge in [-0.25, -0.2) is 4.79 Å². The summed E-state index contributed by atoms with van der Waals surface area (Å²) < 4.78 is 5.58. The van der Waals surface area contributed by atoms with Gasteiger partial charge in [0.25, 0.3) is 0 Å². The van der Waals surface area contributed by atoms with Gasteiger partial charge in [-0.15, -0.1) is 0 Å². The molecule has 0 unspecified atom stereocenters.